The van der Waals surface area contributed by atoms with Crippen molar-refractivity contribution < 1.29 is 9.53 Å². The number of carbonyl (C=O) groups excluding carboxylic acids is 1. The molecule has 0 unspecified atom stereocenters. The Labute approximate surface area is 170 Å². The minimum Gasteiger partial charge on any atom is -0.494 e. The molecular formula is C23H26N4O2. The molecule has 0 aliphatic heterocycles. The maximum Gasteiger partial charge on any atom is 0.222 e. The van der Waals surface area contributed by atoms with Crippen molar-refractivity contribution in [2.24, 2.45) is 0 Å². The van der Waals surface area contributed by atoms with Crippen LogP contribution in [0.1, 0.15) is 49.4 Å². The van der Waals surface area contributed by atoms with E-state index in [2.05, 4.69) is 15.3 Å². The average Bonchev–Trinajstić information content (AvgIpc) is 2.74. The van der Waals surface area contributed by atoms with Crippen LogP contribution in [0.3, 0.4) is 0 Å². The van der Waals surface area contributed by atoms with Gasteiger partial charge in [0, 0.05) is 17.0 Å². The third kappa shape index (κ3) is 4.16. The number of aromatic nitrogens is 2. The summed E-state index contributed by atoms with van der Waals surface area (Å²) in [5, 5.41) is 4.48. The molecule has 6 nitrogen and oxygen atoms in total. The molecule has 1 aromatic heterocycles. The summed E-state index contributed by atoms with van der Waals surface area (Å²) >= 11 is 0. The van der Waals surface area contributed by atoms with Crippen LogP contribution in [0.25, 0.3) is 22.0 Å². The van der Waals surface area contributed by atoms with E-state index in [1.807, 2.05) is 37.3 Å². The highest BCUT2D eigenvalue weighted by molar-refractivity contribution is 5.96. The number of nitrogens with one attached hydrogen (secondary N) is 1. The number of nitrogens with two attached hydrogens (primary N) is 1. The molecule has 0 bridgehead atoms. The smallest absolute Gasteiger partial charge is 0.222 e. The predicted octanol–water partition coefficient (Wildman–Crippen LogP) is 4.83. The number of hydrogen-bond acceptors (Lipinski definition) is 6. The first-order valence-corrected chi connectivity index (χ1v) is 10.2. The maximum atomic E-state index is 11.6. The van der Waals surface area contributed by atoms with Crippen LogP contribution >= 0.6 is 0 Å². The Hall–Kier alpha value is -3.15. The number of fused-ring (bicyclic) bond motifs is 1. The van der Waals surface area contributed by atoms with Gasteiger partial charge in [-0.2, -0.15) is 4.98 Å². The molecule has 1 saturated carbocycles. The molecule has 2 aromatic carbocycles. The fourth-order valence-electron chi connectivity index (χ4n) is 4.01. The van der Waals surface area contributed by atoms with Crippen LogP contribution in [0.15, 0.2) is 36.4 Å². The zero-order valence-corrected chi connectivity index (χ0v) is 16.6. The second-order valence-corrected chi connectivity index (χ2v) is 7.44. The third-order valence-corrected chi connectivity index (χ3v) is 5.43. The number of anilines is 2. The van der Waals surface area contributed by atoms with Gasteiger partial charge < -0.3 is 15.8 Å². The molecule has 0 saturated heterocycles. The zero-order chi connectivity index (χ0) is 20.2. The molecule has 1 aliphatic rings. The molecule has 1 aliphatic carbocycles. The van der Waals surface area contributed by atoms with E-state index in [1.165, 1.54) is 19.3 Å². The lowest BCUT2D eigenvalue weighted by Crippen LogP contribution is -2.23. The third-order valence-electron chi connectivity index (χ3n) is 5.43. The van der Waals surface area contributed by atoms with Crippen LogP contribution in [0.2, 0.25) is 0 Å². The summed E-state index contributed by atoms with van der Waals surface area (Å²) in [6, 6.07) is 11.8. The molecule has 4 rings (SSSR count). The quantitative estimate of drug-likeness (QED) is 0.586. The Bertz CT molecular complexity index is 1030. The summed E-state index contributed by atoms with van der Waals surface area (Å²) < 4.78 is 5.63. The Morgan fingerprint density at radius 2 is 1.97 bits per heavy atom. The van der Waals surface area contributed by atoms with Gasteiger partial charge >= 0.3 is 0 Å². The van der Waals surface area contributed by atoms with Gasteiger partial charge in [-0.3, -0.25) is 4.79 Å². The average molecular weight is 390 g/mol. The Morgan fingerprint density at radius 1 is 1.14 bits per heavy atom. The van der Waals surface area contributed by atoms with E-state index in [1.54, 1.807) is 6.07 Å². The minimum atomic E-state index is 0.260. The fraction of sp³-hybridized carbons (Fsp3) is 0.348. The van der Waals surface area contributed by atoms with Gasteiger partial charge in [-0.1, -0.05) is 25.3 Å². The van der Waals surface area contributed by atoms with Gasteiger partial charge in [-0.05, 0) is 61.2 Å². The summed E-state index contributed by atoms with van der Waals surface area (Å²) in [5.41, 5.74) is 9.10. The molecule has 3 N–H and O–H groups in total. The molecule has 1 heterocycles. The number of benzene rings is 2. The second kappa shape index (κ2) is 8.47. The van der Waals surface area contributed by atoms with Crippen LogP contribution in [-0.2, 0) is 0 Å². The van der Waals surface area contributed by atoms with E-state index in [0.717, 1.165) is 52.7 Å². The summed E-state index contributed by atoms with van der Waals surface area (Å²) in [5.74, 6) is 1.76. The van der Waals surface area contributed by atoms with E-state index >= 15 is 0 Å². The van der Waals surface area contributed by atoms with Gasteiger partial charge in [0.15, 0.2) is 6.29 Å². The second-order valence-electron chi connectivity index (χ2n) is 7.44. The molecule has 0 radical (unpaired) electrons. The normalized spacial score (nSPS) is 14.7. The van der Waals surface area contributed by atoms with Gasteiger partial charge in [0.05, 0.1) is 12.1 Å². The van der Waals surface area contributed by atoms with E-state index in [9.17, 15) is 4.79 Å². The summed E-state index contributed by atoms with van der Waals surface area (Å²) in [7, 11) is 0. The zero-order valence-electron chi connectivity index (χ0n) is 16.6. The summed E-state index contributed by atoms with van der Waals surface area (Å²) in [4.78, 5) is 20.5. The lowest BCUT2D eigenvalue weighted by molar-refractivity contribution is 0.112. The van der Waals surface area contributed by atoms with Crippen molar-refractivity contribution in [3.63, 3.8) is 0 Å². The van der Waals surface area contributed by atoms with Crippen LogP contribution in [0.5, 0.6) is 5.75 Å². The largest absolute Gasteiger partial charge is 0.494 e. The fourth-order valence-corrected chi connectivity index (χ4v) is 4.01. The van der Waals surface area contributed by atoms with Crippen molar-refractivity contribution >= 4 is 29.0 Å². The van der Waals surface area contributed by atoms with Crippen molar-refractivity contribution in [1.29, 1.82) is 0 Å². The van der Waals surface area contributed by atoms with Gasteiger partial charge in [-0.15, -0.1) is 0 Å². The van der Waals surface area contributed by atoms with Gasteiger partial charge in [0.1, 0.15) is 11.6 Å². The van der Waals surface area contributed by atoms with Crippen LogP contribution in [0.4, 0.5) is 11.8 Å². The standard InChI is InChI=1S/C23H26N4O2/c1-2-29-18-10-8-16(14-28)19(13-18)15-9-11-21-20(12-15)22(27-23(24)26-21)25-17-6-4-3-5-7-17/h8-14,17H,2-7H2,1H3,(H3,24,25,26,27). The molecule has 3 aromatic rings. The van der Waals surface area contributed by atoms with Crippen LogP contribution < -0.4 is 15.8 Å². The first-order valence-electron chi connectivity index (χ1n) is 10.2. The molecular weight excluding hydrogens is 364 g/mol. The first kappa shape index (κ1) is 19.2. The highest BCUT2D eigenvalue weighted by Gasteiger charge is 2.17. The Kier molecular flexibility index (Phi) is 5.60. The van der Waals surface area contributed by atoms with Crippen molar-refractivity contribution in [2.45, 2.75) is 45.1 Å². The van der Waals surface area contributed by atoms with E-state index in [-0.39, 0.29) is 5.95 Å². The summed E-state index contributed by atoms with van der Waals surface area (Å²) in [6.45, 7) is 2.51. The van der Waals surface area contributed by atoms with Crippen LogP contribution in [-0.4, -0.2) is 28.9 Å². The lowest BCUT2D eigenvalue weighted by Gasteiger charge is -2.24. The predicted molar refractivity (Wildman–Crippen MR) is 116 cm³/mol. The van der Waals surface area contributed by atoms with E-state index < -0.39 is 0 Å². The monoisotopic (exact) mass is 390 g/mol. The maximum absolute atomic E-state index is 11.6. The van der Waals surface area contributed by atoms with Crippen LogP contribution in [0, 0.1) is 0 Å². The van der Waals surface area contributed by atoms with E-state index in [4.69, 9.17) is 10.5 Å². The SMILES string of the molecule is CCOc1ccc(C=O)c(-c2ccc3nc(N)nc(NC4CCCCC4)c3c2)c1. The number of hydrogen-bond donors (Lipinski definition) is 2. The number of nitrogen functional groups attached to an aromatic ring is 1. The van der Waals surface area contributed by atoms with Crippen molar-refractivity contribution in [3.05, 3.63) is 42.0 Å². The highest BCUT2D eigenvalue weighted by Crippen LogP contribution is 2.33. The molecule has 6 heteroatoms. The minimum absolute atomic E-state index is 0.260. The molecule has 0 spiro atoms. The topological polar surface area (TPSA) is 90.1 Å². The number of rotatable bonds is 6. The van der Waals surface area contributed by atoms with Gasteiger partial charge in [0.2, 0.25) is 5.95 Å². The van der Waals surface area contributed by atoms with Gasteiger partial charge in [0.25, 0.3) is 0 Å². The number of ether oxygens (including phenoxy) is 1. The molecule has 0 atom stereocenters. The number of nitrogens with zero attached hydrogens (tertiary/aromatic N) is 2. The first-order chi connectivity index (χ1) is 14.2. The Balaban J connectivity index is 1.79. The Morgan fingerprint density at radius 3 is 2.72 bits per heavy atom. The molecule has 0 amide bonds. The lowest BCUT2D eigenvalue weighted by atomic mass is 9.95. The van der Waals surface area contributed by atoms with E-state index in [0.29, 0.717) is 18.2 Å². The number of aldehydes is 1. The molecule has 29 heavy (non-hydrogen) atoms. The van der Waals surface area contributed by atoms with Crippen molar-refractivity contribution in [2.75, 3.05) is 17.7 Å². The molecule has 1 fully saturated rings. The summed E-state index contributed by atoms with van der Waals surface area (Å²) in [6.07, 6.45) is 6.89. The van der Waals surface area contributed by atoms with Crippen molar-refractivity contribution in [1.82, 2.24) is 9.97 Å². The molecule has 150 valence electrons. The van der Waals surface area contributed by atoms with Gasteiger partial charge in [-0.25, -0.2) is 4.98 Å². The highest BCUT2D eigenvalue weighted by atomic mass is 16.5. The van der Waals surface area contributed by atoms with Crippen molar-refractivity contribution in [3.8, 4) is 16.9 Å². The number of carbonyl (C=O) groups is 1.